The molecule has 6 nitrogen and oxygen atoms in total. The zero-order valence-corrected chi connectivity index (χ0v) is 12.0. The number of aliphatic hydroxyl groups excluding tert-OH is 1. The summed E-state index contributed by atoms with van der Waals surface area (Å²) in [6.07, 6.45) is 0.440. The van der Waals surface area contributed by atoms with E-state index in [0.717, 1.165) is 12.1 Å². The van der Waals surface area contributed by atoms with Crippen molar-refractivity contribution in [1.82, 2.24) is 4.90 Å². The van der Waals surface area contributed by atoms with E-state index in [1.54, 1.807) is 0 Å². The SMILES string of the molecule is CC(C)N(CCCO)C(=O)Nc1ccc(F)c(C(=O)O)c1. The van der Waals surface area contributed by atoms with Gasteiger partial charge < -0.3 is 20.4 Å². The van der Waals surface area contributed by atoms with Gasteiger partial charge in [-0.3, -0.25) is 0 Å². The summed E-state index contributed by atoms with van der Waals surface area (Å²) in [4.78, 5) is 24.5. The van der Waals surface area contributed by atoms with Crippen molar-refractivity contribution in [1.29, 1.82) is 0 Å². The Kier molecular flexibility index (Phi) is 6.10. The highest BCUT2D eigenvalue weighted by molar-refractivity contribution is 5.93. The molecule has 3 N–H and O–H groups in total. The number of carbonyl (C=O) groups is 2. The molecule has 0 unspecified atom stereocenters. The summed E-state index contributed by atoms with van der Waals surface area (Å²) in [6.45, 7) is 3.98. The first-order valence-corrected chi connectivity index (χ1v) is 6.58. The van der Waals surface area contributed by atoms with Gasteiger partial charge in [0.05, 0.1) is 5.56 Å². The monoisotopic (exact) mass is 298 g/mol. The third kappa shape index (κ3) is 4.71. The van der Waals surface area contributed by atoms with Gasteiger partial charge in [-0.1, -0.05) is 0 Å². The van der Waals surface area contributed by atoms with Crippen molar-refractivity contribution in [2.75, 3.05) is 18.5 Å². The third-order valence-corrected chi connectivity index (χ3v) is 2.89. The topological polar surface area (TPSA) is 89.9 Å². The first-order chi connectivity index (χ1) is 9.86. The number of carbonyl (C=O) groups excluding carboxylic acids is 1. The van der Waals surface area contributed by atoms with Gasteiger partial charge in [0.25, 0.3) is 0 Å². The van der Waals surface area contributed by atoms with E-state index in [1.165, 1.54) is 11.0 Å². The normalized spacial score (nSPS) is 10.5. The number of nitrogens with one attached hydrogen (secondary N) is 1. The Bertz CT molecular complexity index is 520. The standard InChI is InChI=1S/C14H19FN2O4/c1-9(2)17(6-3-7-18)14(21)16-10-4-5-12(15)11(8-10)13(19)20/h4-5,8-9,18H,3,6-7H2,1-2H3,(H,16,21)(H,19,20). The number of hydrogen-bond donors (Lipinski definition) is 3. The van der Waals surface area contributed by atoms with E-state index >= 15 is 0 Å². The third-order valence-electron chi connectivity index (χ3n) is 2.89. The first kappa shape index (κ1) is 16.9. The number of amides is 2. The van der Waals surface area contributed by atoms with Crippen molar-refractivity contribution < 1.29 is 24.2 Å². The Morgan fingerprint density at radius 1 is 1.38 bits per heavy atom. The first-order valence-electron chi connectivity index (χ1n) is 6.58. The molecule has 7 heteroatoms. The summed E-state index contributed by atoms with van der Waals surface area (Å²) in [5.41, 5.74) is -0.298. The highest BCUT2D eigenvalue weighted by Gasteiger charge is 2.18. The van der Waals surface area contributed by atoms with Crippen LogP contribution in [0.15, 0.2) is 18.2 Å². The van der Waals surface area contributed by atoms with Gasteiger partial charge in [0.1, 0.15) is 5.82 Å². The Morgan fingerprint density at radius 2 is 2.05 bits per heavy atom. The number of nitrogens with zero attached hydrogens (tertiary/aromatic N) is 1. The zero-order chi connectivity index (χ0) is 16.0. The van der Waals surface area contributed by atoms with Crippen LogP contribution < -0.4 is 5.32 Å². The van der Waals surface area contributed by atoms with Crippen molar-refractivity contribution in [2.24, 2.45) is 0 Å². The van der Waals surface area contributed by atoms with Crippen LogP contribution in [0.3, 0.4) is 0 Å². The predicted molar refractivity (Wildman–Crippen MR) is 75.9 cm³/mol. The van der Waals surface area contributed by atoms with Gasteiger partial charge in [0.2, 0.25) is 0 Å². The summed E-state index contributed by atoms with van der Waals surface area (Å²) >= 11 is 0. The minimum absolute atomic E-state index is 0.0315. The van der Waals surface area contributed by atoms with Gasteiger partial charge in [0, 0.05) is 24.9 Å². The zero-order valence-electron chi connectivity index (χ0n) is 12.0. The Balaban J connectivity index is 2.86. The van der Waals surface area contributed by atoms with Crippen molar-refractivity contribution in [3.63, 3.8) is 0 Å². The lowest BCUT2D eigenvalue weighted by molar-refractivity contribution is 0.0692. The molecule has 0 atom stereocenters. The lowest BCUT2D eigenvalue weighted by Gasteiger charge is -2.26. The molecule has 0 aliphatic rings. The molecule has 0 bridgehead atoms. The quantitative estimate of drug-likeness (QED) is 0.750. The summed E-state index contributed by atoms with van der Waals surface area (Å²) in [5.74, 6) is -2.26. The van der Waals surface area contributed by atoms with Gasteiger partial charge >= 0.3 is 12.0 Å². The number of carboxylic acid groups (broad SMARTS) is 1. The Hall–Kier alpha value is -2.15. The van der Waals surface area contributed by atoms with E-state index in [4.69, 9.17) is 10.2 Å². The van der Waals surface area contributed by atoms with Crippen molar-refractivity contribution in [3.8, 4) is 0 Å². The van der Waals surface area contributed by atoms with Crippen molar-refractivity contribution >= 4 is 17.7 Å². The fourth-order valence-corrected chi connectivity index (χ4v) is 1.80. The second kappa shape index (κ2) is 7.58. The summed E-state index contributed by atoms with van der Waals surface area (Å²) < 4.78 is 13.3. The molecular weight excluding hydrogens is 279 g/mol. The lowest BCUT2D eigenvalue weighted by atomic mass is 10.2. The average molecular weight is 298 g/mol. The number of halogens is 1. The summed E-state index contributed by atoms with van der Waals surface area (Å²) in [6, 6.07) is 2.84. The van der Waals surface area contributed by atoms with Gasteiger partial charge in [0.15, 0.2) is 0 Å². The number of aromatic carboxylic acids is 1. The van der Waals surface area contributed by atoms with Crippen LogP contribution >= 0.6 is 0 Å². The number of aliphatic hydroxyl groups is 1. The molecule has 0 aromatic heterocycles. The molecule has 1 aromatic rings. The molecule has 0 aliphatic heterocycles. The fourth-order valence-electron chi connectivity index (χ4n) is 1.80. The Labute approximate surface area is 122 Å². The lowest BCUT2D eigenvalue weighted by Crippen LogP contribution is -2.41. The molecule has 0 fully saturated rings. The highest BCUT2D eigenvalue weighted by Crippen LogP contribution is 2.16. The second-order valence-corrected chi connectivity index (χ2v) is 4.79. The number of anilines is 1. The predicted octanol–water partition coefficient (Wildman–Crippen LogP) is 2.15. The molecule has 0 saturated heterocycles. The van der Waals surface area contributed by atoms with Crippen LogP contribution in [-0.2, 0) is 0 Å². The van der Waals surface area contributed by atoms with E-state index in [9.17, 15) is 14.0 Å². The van der Waals surface area contributed by atoms with E-state index in [-0.39, 0.29) is 18.3 Å². The maximum Gasteiger partial charge on any atom is 0.338 e. The van der Waals surface area contributed by atoms with Crippen LogP contribution in [0.2, 0.25) is 0 Å². The maximum atomic E-state index is 13.3. The van der Waals surface area contributed by atoms with Gasteiger partial charge in [-0.15, -0.1) is 0 Å². The fraction of sp³-hybridized carbons (Fsp3) is 0.429. The van der Waals surface area contributed by atoms with Crippen LogP contribution in [-0.4, -0.2) is 46.3 Å². The van der Waals surface area contributed by atoms with Gasteiger partial charge in [-0.05, 0) is 38.5 Å². The number of rotatable bonds is 6. The van der Waals surface area contributed by atoms with Crippen LogP contribution in [0.1, 0.15) is 30.6 Å². The molecule has 1 rings (SSSR count). The molecule has 116 valence electrons. The van der Waals surface area contributed by atoms with Crippen LogP contribution in [0, 0.1) is 5.82 Å². The van der Waals surface area contributed by atoms with Crippen molar-refractivity contribution in [2.45, 2.75) is 26.3 Å². The van der Waals surface area contributed by atoms with Crippen LogP contribution in [0.5, 0.6) is 0 Å². The van der Waals surface area contributed by atoms with E-state index in [2.05, 4.69) is 5.32 Å². The molecule has 0 spiro atoms. The van der Waals surface area contributed by atoms with Gasteiger partial charge in [-0.2, -0.15) is 0 Å². The minimum Gasteiger partial charge on any atom is -0.478 e. The molecule has 0 aliphatic carbocycles. The average Bonchev–Trinajstić information content (AvgIpc) is 2.40. The van der Waals surface area contributed by atoms with Gasteiger partial charge in [-0.25, -0.2) is 14.0 Å². The second-order valence-electron chi connectivity index (χ2n) is 4.79. The molecule has 2 amide bonds. The maximum absolute atomic E-state index is 13.3. The number of benzene rings is 1. The number of hydrogen-bond acceptors (Lipinski definition) is 3. The van der Waals surface area contributed by atoms with Crippen LogP contribution in [0.25, 0.3) is 0 Å². The van der Waals surface area contributed by atoms with Crippen LogP contribution in [0.4, 0.5) is 14.9 Å². The molecule has 0 heterocycles. The number of carboxylic acids is 1. The van der Waals surface area contributed by atoms with Crippen molar-refractivity contribution in [3.05, 3.63) is 29.6 Å². The number of urea groups is 1. The molecular formula is C14H19FN2O4. The minimum atomic E-state index is -1.40. The molecule has 0 radical (unpaired) electrons. The molecule has 1 aromatic carbocycles. The highest BCUT2D eigenvalue weighted by atomic mass is 19.1. The van der Waals surface area contributed by atoms with E-state index < -0.39 is 23.4 Å². The molecule has 21 heavy (non-hydrogen) atoms. The molecule has 0 saturated carbocycles. The summed E-state index contributed by atoms with van der Waals surface area (Å²) in [5, 5.41) is 20.2. The Morgan fingerprint density at radius 3 is 2.57 bits per heavy atom. The summed E-state index contributed by atoms with van der Waals surface area (Å²) in [7, 11) is 0. The largest absolute Gasteiger partial charge is 0.478 e. The smallest absolute Gasteiger partial charge is 0.338 e. The van der Waals surface area contributed by atoms with E-state index in [1.807, 2.05) is 13.8 Å². The van der Waals surface area contributed by atoms with E-state index in [0.29, 0.717) is 13.0 Å².